The van der Waals surface area contributed by atoms with E-state index in [1.807, 2.05) is 6.92 Å². The van der Waals surface area contributed by atoms with E-state index < -0.39 is 14.9 Å². The van der Waals surface area contributed by atoms with Crippen molar-refractivity contribution in [2.75, 3.05) is 13.6 Å². The molecule has 8 heteroatoms. The summed E-state index contributed by atoms with van der Waals surface area (Å²) in [5.74, 6) is 0. The van der Waals surface area contributed by atoms with Gasteiger partial charge < -0.3 is 5.32 Å². The number of rotatable bonds is 6. The van der Waals surface area contributed by atoms with Crippen LogP contribution in [0.2, 0.25) is 0 Å². The average Bonchev–Trinajstić information content (AvgIpc) is 2.35. The summed E-state index contributed by atoms with van der Waals surface area (Å²) in [4.78, 5) is 10.3. The topological polar surface area (TPSA) is 101 Å². The Morgan fingerprint density at radius 1 is 1.30 bits per heavy atom. The maximum atomic E-state index is 12.2. The van der Waals surface area contributed by atoms with Gasteiger partial charge in [-0.3, -0.25) is 10.1 Å². The number of aryl methyl sites for hydroxylation is 2. The molecular formula is C12H19N3O4S. The van der Waals surface area contributed by atoms with Gasteiger partial charge in [-0.05, 0) is 39.4 Å². The van der Waals surface area contributed by atoms with Crippen LogP contribution in [0, 0.1) is 24.0 Å². The molecule has 0 amide bonds. The van der Waals surface area contributed by atoms with E-state index in [2.05, 4.69) is 10.0 Å². The lowest BCUT2D eigenvalue weighted by molar-refractivity contribution is -0.385. The second-order valence-electron chi connectivity index (χ2n) is 4.70. The van der Waals surface area contributed by atoms with Crippen LogP contribution >= 0.6 is 0 Å². The summed E-state index contributed by atoms with van der Waals surface area (Å²) in [5, 5.41) is 13.8. The van der Waals surface area contributed by atoms with Crippen molar-refractivity contribution < 1.29 is 13.3 Å². The van der Waals surface area contributed by atoms with E-state index in [0.29, 0.717) is 11.1 Å². The molecular weight excluding hydrogens is 282 g/mol. The minimum atomic E-state index is -3.76. The molecule has 1 unspecified atom stereocenters. The third-order valence-corrected chi connectivity index (χ3v) is 4.62. The summed E-state index contributed by atoms with van der Waals surface area (Å²) in [6, 6.07) is 2.58. The van der Waals surface area contributed by atoms with Crippen molar-refractivity contribution in [1.82, 2.24) is 10.0 Å². The minimum absolute atomic E-state index is 0.0366. The Hall–Kier alpha value is -1.51. The summed E-state index contributed by atoms with van der Waals surface area (Å²) in [6.07, 6.45) is 0. The van der Waals surface area contributed by atoms with Crippen LogP contribution in [0.4, 0.5) is 5.69 Å². The predicted molar refractivity (Wildman–Crippen MR) is 76.3 cm³/mol. The first-order valence-corrected chi connectivity index (χ1v) is 7.60. The van der Waals surface area contributed by atoms with Crippen molar-refractivity contribution in [3.63, 3.8) is 0 Å². The molecule has 0 aliphatic carbocycles. The molecule has 0 radical (unpaired) electrons. The summed E-state index contributed by atoms with van der Waals surface area (Å²) in [6.45, 7) is 5.23. The molecule has 112 valence electrons. The molecule has 0 spiro atoms. The second kappa shape index (κ2) is 6.29. The van der Waals surface area contributed by atoms with Gasteiger partial charge in [0.25, 0.3) is 5.69 Å². The average molecular weight is 301 g/mol. The fraction of sp³-hybridized carbons (Fsp3) is 0.500. The molecule has 0 aliphatic heterocycles. The number of benzene rings is 1. The third-order valence-electron chi connectivity index (χ3n) is 3.05. The Bertz CT molecular complexity index is 613. The number of likely N-dealkylation sites (N-methyl/N-ethyl adjacent to an activating group) is 1. The number of hydrogen-bond donors (Lipinski definition) is 2. The van der Waals surface area contributed by atoms with Crippen molar-refractivity contribution in [3.8, 4) is 0 Å². The molecule has 1 aromatic rings. The molecule has 7 nitrogen and oxygen atoms in total. The highest BCUT2D eigenvalue weighted by Gasteiger charge is 2.22. The Kier molecular flexibility index (Phi) is 5.21. The molecule has 0 aromatic heterocycles. The summed E-state index contributed by atoms with van der Waals surface area (Å²) in [5.41, 5.74) is 0.727. The highest BCUT2D eigenvalue weighted by Crippen LogP contribution is 2.25. The summed E-state index contributed by atoms with van der Waals surface area (Å²) in [7, 11) is -2.04. The van der Waals surface area contributed by atoms with E-state index in [0.717, 1.165) is 6.07 Å². The Balaban J connectivity index is 3.18. The van der Waals surface area contributed by atoms with E-state index in [1.54, 1.807) is 20.9 Å². The van der Waals surface area contributed by atoms with Crippen LogP contribution in [0.15, 0.2) is 17.0 Å². The zero-order valence-electron chi connectivity index (χ0n) is 11.9. The Morgan fingerprint density at radius 3 is 2.40 bits per heavy atom. The van der Waals surface area contributed by atoms with Gasteiger partial charge in [-0.1, -0.05) is 0 Å². The lowest BCUT2D eigenvalue weighted by Crippen LogP contribution is -2.37. The normalized spacial score (nSPS) is 13.2. The van der Waals surface area contributed by atoms with E-state index in [9.17, 15) is 18.5 Å². The molecule has 1 rings (SSSR count). The van der Waals surface area contributed by atoms with Gasteiger partial charge in [-0.2, -0.15) is 0 Å². The lowest BCUT2D eigenvalue weighted by Gasteiger charge is -2.13. The number of nitrogens with one attached hydrogen (secondary N) is 2. The molecule has 0 saturated carbocycles. The first-order chi connectivity index (χ1) is 9.19. The van der Waals surface area contributed by atoms with Gasteiger partial charge in [-0.15, -0.1) is 0 Å². The van der Waals surface area contributed by atoms with Crippen molar-refractivity contribution in [3.05, 3.63) is 33.4 Å². The summed E-state index contributed by atoms with van der Waals surface area (Å²) < 4.78 is 26.8. The van der Waals surface area contributed by atoms with Crippen molar-refractivity contribution in [1.29, 1.82) is 0 Å². The number of sulfonamides is 1. The van der Waals surface area contributed by atoms with Gasteiger partial charge in [0.15, 0.2) is 0 Å². The van der Waals surface area contributed by atoms with Crippen LogP contribution in [0.5, 0.6) is 0 Å². The molecule has 0 fully saturated rings. The van der Waals surface area contributed by atoms with Crippen molar-refractivity contribution in [2.24, 2.45) is 0 Å². The number of nitrogens with zero attached hydrogens (tertiary/aromatic N) is 1. The smallest absolute Gasteiger partial charge is 0.273 e. The highest BCUT2D eigenvalue weighted by molar-refractivity contribution is 7.89. The molecule has 20 heavy (non-hydrogen) atoms. The molecule has 0 heterocycles. The van der Waals surface area contributed by atoms with Gasteiger partial charge in [0.2, 0.25) is 10.0 Å². The molecule has 2 N–H and O–H groups in total. The Morgan fingerprint density at radius 2 is 1.90 bits per heavy atom. The lowest BCUT2D eigenvalue weighted by atomic mass is 10.1. The molecule has 1 aromatic carbocycles. The fourth-order valence-corrected chi connectivity index (χ4v) is 3.10. The van der Waals surface area contributed by atoms with Crippen LogP contribution in [0.3, 0.4) is 0 Å². The van der Waals surface area contributed by atoms with E-state index in [1.165, 1.54) is 6.07 Å². The first kappa shape index (κ1) is 16.5. The molecule has 0 aliphatic rings. The summed E-state index contributed by atoms with van der Waals surface area (Å²) >= 11 is 0. The fourth-order valence-electron chi connectivity index (χ4n) is 1.72. The molecule has 0 saturated heterocycles. The van der Waals surface area contributed by atoms with Gasteiger partial charge in [-0.25, -0.2) is 13.1 Å². The molecule has 0 bridgehead atoms. The van der Waals surface area contributed by atoms with Gasteiger partial charge >= 0.3 is 0 Å². The third kappa shape index (κ3) is 3.75. The SMILES string of the molecule is CNC(C)CNS(=O)(=O)c1cc([N+](=O)[O-])c(C)cc1C. The van der Waals surface area contributed by atoms with Gasteiger partial charge in [0, 0.05) is 24.2 Å². The van der Waals surface area contributed by atoms with E-state index in [4.69, 9.17) is 0 Å². The van der Waals surface area contributed by atoms with Crippen molar-refractivity contribution in [2.45, 2.75) is 31.7 Å². The van der Waals surface area contributed by atoms with Crippen LogP contribution in [-0.4, -0.2) is 33.0 Å². The number of hydrogen-bond acceptors (Lipinski definition) is 5. The maximum absolute atomic E-state index is 12.2. The van der Waals surface area contributed by atoms with Crippen LogP contribution in [0.1, 0.15) is 18.1 Å². The monoisotopic (exact) mass is 301 g/mol. The second-order valence-corrected chi connectivity index (χ2v) is 6.44. The van der Waals surface area contributed by atoms with Crippen molar-refractivity contribution >= 4 is 15.7 Å². The zero-order chi connectivity index (χ0) is 15.5. The highest BCUT2D eigenvalue weighted by atomic mass is 32.2. The molecule has 1 atom stereocenters. The van der Waals surface area contributed by atoms with Crippen LogP contribution in [-0.2, 0) is 10.0 Å². The first-order valence-electron chi connectivity index (χ1n) is 6.11. The maximum Gasteiger partial charge on any atom is 0.273 e. The van der Waals surface area contributed by atoms with Crippen LogP contribution < -0.4 is 10.0 Å². The predicted octanol–water partition coefficient (Wildman–Crippen LogP) is 1.10. The largest absolute Gasteiger partial charge is 0.316 e. The van der Waals surface area contributed by atoms with Gasteiger partial charge in [0.05, 0.1) is 9.82 Å². The minimum Gasteiger partial charge on any atom is -0.316 e. The van der Waals surface area contributed by atoms with E-state index >= 15 is 0 Å². The zero-order valence-corrected chi connectivity index (χ0v) is 12.7. The number of nitro groups is 1. The Labute approximate surface area is 118 Å². The standard InChI is InChI=1S/C12H19N3O4S/c1-8-5-9(2)12(6-11(8)15(16)17)20(18,19)14-7-10(3)13-4/h5-6,10,13-14H,7H2,1-4H3. The quantitative estimate of drug-likeness (QED) is 0.605. The van der Waals surface area contributed by atoms with Gasteiger partial charge in [0.1, 0.15) is 0 Å². The number of nitro benzene ring substituents is 1. The van der Waals surface area contributed by atoms with E-state index in [-0.39, 0.29) is 23.2 Å². The van der Waals surface area contributed by atoms with Crippen LogP contribution in [0.25, 0.3) is 0 Å².